The fourth-order valence-corrected chi connectivity index (χ4v) is 12.5. The van der Waals surface area contributed by atoms with Crippen molar-refractivity contribution in [3.05, 3.63) is 0 Å². The molecular weight excluding hydrogens is 547 g/mol. The Morgan fingerprint density at radius 2 is 0.341 bits per heavy atom. The molecule has 0 aromatic rings. The lowest BCUT2D eigenvalue weighted by Crippen LogP contribution is -2.13. The fourth-order valence-electron chi connectivity index (χ4n) is 7.50. The molecule has 0 aromatic heterocycles. The summed E-state index contributed by atoms with van der Waals surface area (Å²) in [5.74, 6) is 0. The molecule has 0 saturated heterocycles. The minimum absolute atomic E-state index is 0.744. The lowest BCUT2D eigenvalue weighted by Gasteiger charge is -2.28. The molecule has 0 radical (unpaired) electrons. The van der Waals surface area contributed by atoms with E-state index in [2.05, 4.69) is 27.7 Å². The molecule has 0 fully saturated rings. The van der Waals surface area contributed by atoms with Crippen LogP contribution < -0.4 is 0 Å². The largest absolute Gasteiger partial charge is 0.0654 e. The summed E-state index contributed by atoms with van der Waals surface area (Å²) in [5.41, 5.74) is 0. The van der Waals surface area contributed by atoms with Crippen LogP contribution in [0.3, 0.4) is 0 Å². The van der Waals surface area contributed by atoms with Gasteiger partial charge in [-0.25, -0.2) is 0 Å². The zero-order valence-electron chi connectivity index (χ0n) is 32.0. The Balaban J connectivity index is 4.46. The van der Waals surface area contributed by atoms with Crippen LogP contribution in [0.1, 0.15) is 252 Å². The summed E-state index contributed by atoms with van der Waals surface area (Å²) >= 11 is 0. The molecule has 0 bridgehead atoms. The van der Waals surface area contributed by atoms with Crippen LogP contribution in [0.5, 0.6) is 0 Å². The molecule has 0 spiro atoms. The van der Waals surface area contributed by atoms with Gasteiger partial charge in [0.05, 0.1) is 24.6 Å². The Bertz CT molecular complexity index is 435. The molecular formula is C43H90P+. The van der Waals surface area contributed by atoms with E-state index >= 15 is 0 Å². The maximum absolute atomic E-state index is 2.45. The first-order valence-corrected chi connectivity index (χ1v) is 24.1. The van der Waals surface area contributed by atoms with Crippen LogP contribution in [0.2, 0.25) is 0 Å². The second kappa shape index (κ2) is 37.9. The average Bonchev–Trinajstić information content (AvgIpc) is 3.04. The summed E-state index contributed by atoms with van der Waals surface area (Å²) in [6.45, 7) is 9.43. The molecule has 0 unspecified atom stereocenters. The van der Waals surface area contributed by atoms with Crippen molar-refractivity contribution in [1.82, 2.24) is 0 Å². The van der Waals surface area contributed by atoms with E-state index in [1.54, 1.807) is 43.9 Å². The first-order chi connectivity index (χ1) is 21.7. The van der Waals surface area contributed by atoms with E-state index < -0.39 is 7.26 Å². The highest BCUT2D eigenvalue weighted by Crippen LogP contribution is 2.61. The quantitative estimate of drug-likeness (QED) is 0.0465. The van der Waals surface area contributed by atoms with Crippen LogP contribution in [-0.4, -0.2) is 24.6 Å². The molecule has 0 aromatic carbocycles. The fraction of sp³-hybridized carbons (Fsp3) is 1.00. The van der Waals surface area contributed by atoms with Crippen LogP contribution in [0.15, 0.2) is 0 Å². The molecule has 0 amide bonds. The van der Waals surface area contributed by atoms with Crippen LogP contribution >= 0.6 is 7.26 Å². The van der Waals surface area contributed by atoms with Crippen molar-refractivity contribution in [3.63, 3.8) is 0 Å². The Hall–Kier alpha value is 0.430. The second-order valence-corrected chi connectivity index (χ2v) is 19.7. The van der Waals surface area contributed by atoms with Gasteiger partial charge in [-0.2, -0.15) is 0 Å². The van der Waals surface area contributed by atoms with E-state index in [1.165, 1.54) is 205 Å². The van der Waals surface area contributed by atoms with Gasteiger partial charge in [-0.05, 0) is 44.9 Å². The van der Waals surface area contributed by atoms with Crippen molar-refractivity contribution >= 4 is 7.26 Å². The van der Waals surface area contributed by atoms with Gasteiger partial charge in [-0.1, -0.05) is 207 Å². The van der Waals surface area contributed by atoms with Crippen LogP contribution in [-0.2, 0) is 0 Å². The van der Waals surface area contributed by atoms with E-state index in [0.29, 0.717) is 0 Å². The molecule has 0 rings (SSSR count). The third-order valence-electron chi connectivity index (χ3n) is 10.7. The maximum Gasteiger partial charge on any atom is 0.0594 e. The number of hydrogen-bond acceptors (Lipinski definition) is 0. The monoisotopic (exact) mass is 638 g/mol. The Morgan fingerprint density at radius 1 is 0.182 bits per heavy atom. The summed E-state index contributed by atoms with van der Waals surface area (Å²) in [6.07, 6.45) is 58.6. The third-order valence-corrected chi connectivity index (χ3v) is 15.8. The minimum atomic E-state index is -0.744. The summed E-state index contributed by atoms with van der Waals surface area (Å²) in [7, 11) is -0.744. The van der Waals surface area contributed by atoms with Crippen molar-refractivity contribution in [2.45, 2.75) is 252 Å². The first kappa shape index (κ1) is 44.4. The zero-order valence-corrected chi connectivity index (χ0v) is 32.9. The highest BCUT2D eigenvalue weighted by atomic mass is 31.2. The molecule has 0 nitrogen and oxygen atoms in total. The van der Waals surface area contributed by atoms with Gasteiger partial charge in [0, 0.05) is 7.26 Å². The molecule has 0 saturated carbocycles. The van der Waals surface area contributed by atoms with Gasteiger partial charge in [0.25, 0.3) is 0 Å². The van der Waals surface area contributed by atoms with Crippen molar-refractivity contribution in [3.8, 4) is 0 Å². The molecule has 0 atom stereocenters. The normalized spacial score (nSPS) is 12.0. The average molecular weight is 638 g/mol. The summed E-state index contributed by atoms with van der Waals surface area (Å²) in [6, 6.07) is 0. The first-order valence-electron chi connectivity index (χ1n) is 21.6. The molecule has 0 aliphatic rings. The molecule has 266 valence electrons. The van der Waals surface area contributed by atoms with Gasteiger partial charge < -0.3 is 0 Å². The van der Waals surface area contributed by atoms with Gasteiger partial charge in [0.15, 0.2) is 0 Å². The Morgan fingerprint density at radius 3 is 0.545 bits per heavy atom. The maximum atomic E-state index is 2.45. The van der Waals surface area contributed by atoms with Gasteiger partial charge in [0.2, 0.25) is 0 Å². The second-order valence-electron chi connectivity index (χ2n) is 15.2. The van der Waals surface area contributed by atoms with Crippen molar-refractivity contribution in [1.29, 1.82) is 0 Å². The van der Waals surface area contributed by atoms with E-state index in [4.69, 9.17) is 0 Å². The summed E-state index contributed by atoms with van der Waals surface area (Å²) in [5, 5.41) is 0. The van der Waals surface area contributed by atoms with Gasteiger partial charge in [-0.15, -0.1) is 0 Å². The summed E-state index contributed by atoms with van der Waals surface area (Å²) < 4.78 is 0. The smallest absolute Gasteiger partial charge is 0.0594 e. The van der Waals surface area contributed by atoms with Gasteiger partial charge in [-0.3, -0.25) is 0 Å². The van der Waals surface area contributed by atoms with E-state index in [9.17, 15) is 0 Å². The number of hydrogen-bond donors (Lipinski definition) is 0. The number of rotatable bonds is 39. The van der Waals surface area contributed by atoms with Crippen LogP contribution in [0.4, 0.5) is 0 Å². The van der Waals surface area contributed by atoms with Crippen molar-refractivity contribution in [2.24, 2.45) is 0 Å². The highest BCUT2D eigenvalue weighted by Gasteiger charge is 2.34. The predicted molar refractivity (Wildman–Crippen MR) is 211 cm³/mol. The SMILES string of the molecule is CCCCCCCCCCCCC[P+](CCCC)(CCCCCCCCCCCCC)CCCCCCCCCCCCC. The van der Waals surface area contributed by atoms with Crippen molar-refractivity contribution in [2.75, 3.05) is 24.6 Å². The summed E-state index contributed by atoms with van der Waals surface area (Å²) in [4.78, 5) is 0. The molecule has 0 aliphatic carbocycles. The predicted octanol–water partition coefficient (Wildman–Crippen LogP) is 16.7. The Kier molecular flexibility index (Phi) is 38.3. The third kappa shape index (κ3) is 32.4. The van der Waals surface area contributed by atoms with E-state index in [1.807, 2.05) is 0 Å². The van der Waals surface area contributed by atoms with Crippen LogP contribution in [0, 0.1) is 0 Å². The zero-order chi connectivity index (χ0) is 32.1. The Labute approximate surface area is 283 Å². The van der Waals surface area contributed by atoms with E-state index in [-0.39, 0.29) is 0 Å². The van der Waals surface area contributed by atoms with Crippen molar-refractivity contribution < 1.29 is 0 Å². The number of unbranched alkanes of at least 4 members (excludes halogenated alkanes) is 31. The lowest BCUT2D eigenvalue weighted by atomic mass is 10.1. The van der Waals surface area contributed by atoms with Gasteiger partial charge in [0.1, 0.15) is 0 Å². The standard InChI is InChI=1S/C43H90P/c1-5-9-13-16-19-22-25-28-31-34-37-41-44(40-12-8-4,42-38-35-32-29-26-23-20-17-14-10-6-2)43-39-36-33-30-27-24-21-18-15-11-7-3/h5-43H2,1-4H3/q+1. The molecule has 44 heavy (non-hydrogen) atoms. The topological polar surface area (TPSA) is 0 Å². The van der Waals surface area contributed by atoms with Gasteiger partial charge >= 0.3 is 0 Å². The van der Waals surface area contributed by atoms with Crippen LogP contribution in [0.25, 0.3) is 0 Å². The molecule has 0 aliphatic heterocycles. The molecule has 0 heterocycles. The van der Waals surface area contributed by atoms with E-state index in [0.717, 1.165) is 0 Å². The minimum Gasteiger partial charge on any atom is -0.0654 e. The molecule has 1 heteroatoms. The highest BCUT2D eigenvalue weighted by molar-refractivity contribution is 7.75. The molecule has 0 N–H and O–H groups in total. The lowest BCUT2D eigenvalue weighted by molar-refractivity contribution is 0.551.